The molecule has 1 atom stereocenters. The summed E-state index contributed by atoms with van der Waals surface area (Å²) in [6.45, 7) is 1.52. The molecule has 1 aliphatic carbocycles. The summed E-state index contributed by atoms with van der Waals surface area (Å²) >= 11 is 0. The molecule has 1 aliphatic heterocycles. The fourth-order valence-electron chi connectivity index (χ4n) is 3.60. The number of rotatable bonds is 4. The summed E-state index contributed by atoms with van der Waals surface area (Å²) in [5.74, 6) is 1.67. The van der Waals surface area contributed by atoms with Crippen LogP contribution in [0.3, 0.4) is 0 Å². The van der Waals surface area contributed by atoms with E-state index in [1.54, 1.807) is 0 Å². The molecule has 0 saturated heterocycles. The number of para-hydroxylation sites is 2. The zero-order valence-corrected chi connectivity index (χ0v) is 15.8. The van der Waals surface area contributed by atoms with Gasteiger partial charge in [-0.3, -0.25) is 0 Å². The van der Waals surface area contributed by atoms with Crippen molar-refractivity contribution >= 4 is 6.16 Å². The summed E-state index contributed by atoms with van der Waals surface area (Å²) in [7, 11) is 0. The molecule has 0 unspecified atom stereocenters. The highest BCUT2D eigenvalue weighted by Crippen LogP contribution is 2.35. The maximum Gasteiger partial charge on any atom is 0.503 e. The highest BCUT2D eigenvalue weighted by atomic mass is 16.6. The topological polar surface area (TPSA) is 88.0 Å². The number of hydrogen-bond acceptors (Lipinski definition) is 4. The third kappa shape index (κ3) is 5.89. The van der Waals surface area contributed by atoms with Crippen molar-refractivity contribution in [3.8, 4) is 11.5 Å². The second kappa shape index (κ2) is 9.99. The molecule has 2 aromatic rings. The van der Waals surface area contributed by atoms with Crippen LogP contribution in [0.2, 0.25) is 0 Å². The highest BCUT2D eigenvalue weighted by Gasteiger charge is 2.22. The SMILES string of the molecule is O=C(O)O.c1ccc2c(c1)OC[C@H](c1ccc(CNC3CCCCC3)cc1)O2. The van der Waals surface area contributed by atoms with Crippen LogP contribution < -0.4 is 14.8 Å². The van der Waals surface area contributed by atoms with E-state index in [4.69, 9.17) is 24.5 Å². The third-order valence-corrected chi connectivity index (χ3v) is 5.06. The Morgan fingerprint density at radius 1 is 0.964 bits per heavy atom. The van der Waals surface area contributed by atoms with Gasteiger partial charge in [-0.25, -0.2) is 4.79 Å². The lowest BCUT2D eigenvalue weighted by atomic mass is 9.95. The van der Waals surface area contributed by atoms with Crippen LogP contribution in [-0.2, 0) is 6.54 Å². The van der Waals surface area contributed by atoms with Gasteiger partial charge >= 0.3 is 6.16 Å². The van der Waals surface area contributed by atoms with E-state index in [0.717, 1.165) is 18.0 Å². The standard InChI is InChI=1S/C21H25NO2.CH2O3/c1-2-6-18(7-3-1)22-14-16-10-12-17(13-11-16)21-15-23-19-8-4-5-9-20(19)24-21;2-1(3)4/h4-5,8-13,18,21-22H,1-3,6-7,14-15H2;(H2,2,3,4)/t21-;/m1./s1. The highest BCUT2D eigenvalue weighted by molar-refractivity contribution is 5.53. The maximum atomic E-state index is 8.56. The van der Waals surface area contributed by atoms with Crippen LogP contribution >= 0.6 is 0 Å². The smallest absolute Gasteiger partial charge is 0.485 e. The molecular weight excluding hydrogens is 358 g/mol. The molecule has 1 heterocycles. The van der Waals surface area contributed by atoms with E-state index in [0.29, 0.717) is 12.6 Å². The summed E-state index contributed by atoms with van der Waals surface area (Å²) in [6.07, 6.45) is 4.93. The molecule has 6 nitrogen and oxygen atoms in total. The number of carbonyl (C=O) groups is 1. The van der Waals surface area contributed by atoms with Crippen LogP contribution in [0, 0.1) is 0 Å². The summed E-state index contributed by atoms with van der Waals surface area (Å²) in [5, 5.41) is 17.6. The summed E-state index contributed by atoms with van der Waals surface area (Å²) in [6, 6.07) is 17.3. The summed E-state index contributed by atoms with van der Waals surface area (Å²) < 4.78 is 11.9. The van der Waals surface area contributed by atoms with E-state index >= 15 is 0 Å². The molecule has 1 saturated carbocycles. The first-order chi connectivity index (χ1) is 13.6. The average Bonchev–Trinajstić information content (AvgIpc) is 2.73. The largest absolute Gasteiger partial charge is 0.503 e. The normalized spacial score (nSPS) is 18.6. The van der Waals surface area contributed by atoms with Crippen molar-refractivity contribution in [2.45, 2.75) is 50.8 Å². The van der Waals surface area contributed by atoms with E-state index < -0.39 is 6.16 Å². The van der Waals surface area contributed by atoms with Gasteiger partial charge < -0.3 is 25.0 Å². The van der Waals surface area contributed by atoms with E-state index in [1.807, 2.05) is 24.3 Å². The Bertz CT molecular complexity index is 752. The zero-order chi connectivity index (χ0) is 19.8. The number of ether oxygens (including phenoxy) is 2. The van der Waals surface area contributed by atoms with Crippen molar-refractivity contribution in [2.24, 2.45) is 0 Å². The van der Waals surface area contributed by atoms with Crippen LogP contribution in [-0.4, -0.2) is 29.0 Å². The van der Waals surface area contributed by atoms with Gasteiger partial charge in [0.1, 0.15) is 6.61 Å². The molecule has 0 radical (unpaired) electrons. The Balaban J connectivity index is 0.000000516. The van der Waals surface area contributed by atoms with Crippen LogP contribution in [0.4, 0.5) is 4.79 Å². The number of fused-ring (bicyclic) bond motifs is 1. The van der Waals surface area contributed by atoms with E-state index in [1.165, 1.54) is 43.2 Å². The minimum atomic E-state index is -1.83. The monoisotopic (exact) mass is 385 g/mol. The Labute approximate surface area is 165 Å². The molecule has 28 heavy (non-hydrogen) atoms. The average molecular weight is 385 g/mol. The number of benzene rings is 2. The van der Waals surface area contributed by atoms with E-state index in [-0.39, 0.29) is 6.10 Å². The number of carboxylic acid groups (broad SMARTS) is 2. The fraction of sp³-hybridized carbons (Fsp3) is 0.409. The van der Waals surface area contributed by atoms with Gasteiger partial charge in [0.15, 0.2) is 17.6 Å². The first-order valence-electron chi connectivity index (χ1n) is 9.74. The molecule has 150 valence electrons. The number of nitrogens with one attached hydrogen (secondary N) is 1. The lowest BCUT2D eigenvalue weighted by Gasteiger charge is -2.27. The molecule has 0 amide bonds. The predicted octanol–water partition coefficient (Wildman–Crippen LogP) is 4.84. The third-order valence-electron chi connectivity index (χ3n) is 5.06. The van der Waals surface area contributed by atoms with Crippen LogP contribution in [0.15, 0.2) is 48.5 Å². The molecule has 0 aromatic heterocycles. The molecule has 0 spiro atoms. The van der Waals surface area contributed by atoms with Crippen molar-refractivity contribution in [3.05, 3.63) is 59.7 Å². The Morgan fingerprint density at radius 2 is 1.61 bits per heavy atom. The lowest BCUT2D eigenvalue weighted by molar-refractivity contribution is 0.0913. The van der Waals surface area contributed by atoms with Gasteiger partial charge in [0.05, 0.1) is 0 Å². The van der Waals surface area contributed by atoms with Crippen molar-refractivity contribution in [1.82, 2.24) is 5.32 Å². The van der Waals surface area contributed by atoms with Crippen molar-refractivity contribution < 1.29 is 24.5 Å². The first kappa shape index (κ1) is 20.0. The minimum Gasteiger partial charge on any atom is -0.485 e. The van der Waals surface area contributed by atoms with Gasteiger partial charge in [0.25, 0.3) is 0 Å². The lowest BCUT2D eigenvalue weighted by Crippen LogP contribution is -2.30. The van der Waals surface area contributed by atoms with Crippen molar-refractivity contribution in [2.75, 3.05) is 6.61 Å². The molecule has 4 rings (SSSR count). The van der Waals surface area contributed by atoms with Crippen LogP contribution in [0.1, 0.15) is 49.3 Å². The zero-order valence-electron chi connectivity index (χ0n) is 15.8. The number of hydrogen-bond donors (Lipinski definition) is 3. The Kier molecular flexibility index (Phi) is 7.14. The van der Waals surface area contributed by atoms with Gasteiger partial charge in [0, 0.05) is 12.6 Å². The predicted molar refractivity (Wildman–Crippen MR) is 106 cm³/mol. The summed E-state index contributed by atoms with van der Waals surface area (Å²) in [4.78, 5) is 8.56. The molecule has 2 aromatic carbocycles. The second-order valence-electron chi connectivity index (χ2n) is 7.10. The summed E-state index contributed by atoms with van der Waals surface area (Å²) in [5.41, 5.74) is 2.51. The van der Waals surface area contributed by atoms with Gasteiger partial charge in [-0.15, -0.1) is 0 Å². The van der Waals surface area contributed by atoms with E-state index in [2.05, 4.69) is 29.6 Å². The molecule has 0 bridgehead atoms. The van der Waals surface area contributed by atoms with Gasteiger partial charge in [-0.2, -0.15) is 0 Å². The molecule has 2 aliphatic rings. The van der Waals surface area contributed by atoms with Crippen LogP contribution in [0.25, 0.3) is 0 Å². The maximum absolute atomic E-state index is 8.56. The van der Waals surface area contributed by atoms with Crippen LogP contribution in [0.5, 0.6) is 11.5 Å². The van der Waals surface area contributed by atoms with E-state index in [9.17, 15) is 0 Å². The molecule has 3 N–H and O–H groups in total. The molecule has 6 heteroatoms. The fourth-order valence-corrected chi connectivity index (χ4v) is 3.60. The Hall–Kier alpha value is -2.73. The second-order valence-corrected chi connectivity index (χ2v) is 7.10. The Morgan fingerprint density at radius 3 is 2.29 bits per heavy atom. The quantitative estimate of drug-likeness (QED) is 0.698. The first-order valence-corrected chi connectivity index (χ1v) is 9.74. The molecule has 1 fully saturated rings. The van der Waals surface area contributed by atoms with Crippen molar-refractivity contribution in [3.63, 3.8) is 0 Å². The molecular formula is C22H27NO5. The minimum absolute atomic E-state index is 0.0275. The van der Waals surface area contributed by atoms with Gasteiger partial charge in [0.2, 0.25) is 0 Å². The van der Waals surface area contributed by atoms with Gasteiger partial charge in [-0.05, 0) is 36.1 Å². The van der Waals surface area contributed by atoms with Gasteiger partial charge in [-0.1, -0.05) is 55.7 Å². The van der Waals surface area contributed by atoms with Crippen molar-refractivity contribution in [1.29, 1.82) is 0 Å².